The van der Waals surface area contributed by atoms with Gasteiger partial charge >= 0.3 is 0 Å². The number of nitrogens with zero attached hydrogens (tertiary/aromatic N) is 4. The molecule has 3 aromatic rings. The highest BCUT2D eigenvalue weighted by molar-refractivity contribution is 8.00. The van der Waals surface area contributed by atoms with Crippen LogP contribution in [0, 0.1) is 0 Å². The molecule has 0 saturated heterocycles. The monoisotopic (exact) mass is 423 g/mol. The molecule has 0 radical (unpaired) electrons. The van der Waals surface area contributed by atoms with Crippen molar-refractivity contribution in [2.45, 2.75) is 23.6 Å². The molecule has 4 rings (SSSR count). The van der Waals surface area contributed by atoms with Crippen LogP contribution in [0.3, 0.4) is 0 Å². The van der Waals surface area contributed by atoms with Crippen LogP contribution in [0.2, 0.25) is 0 Å². The molecular weight excluding hydrogens is 406 g/mol. The van der Waals surface area contributed by atoms with Gasteiger partial charge in [-0.15, -0.1) is 22.0 Å². The van der Waals surface area contributed by atoms with E-state index in [1.165, 1.54) is 11.8 Å². The number of hydrogen-bond donors (Lipinski definition) is 3. The van der Waals surface area contributed by atoms with Gasteiger partial charge in [-0.25, -0.2) is 0 Å². The summed E-state index contributed by atoms with van der Waals surface area (Å²) in [5, 5.41) is 14.5. The van der Waals surface area contributed by atoms with Gasteiger partial charge in [0.05, 0.1) is 10.9 Å². The Bertz CT molecular complexity index is 1120. The highest BCUT2D eigenvalue weighted by Crippen LogP contribution is 2.35. The van der Waals surface area contributed by atoms with Crippen molar-refractivity contribution in [3.8, 4) is 11.4 Å². The summed E-state index contributed by atoms with van der Waals surface area (Å²) >= 11 is 1.42. The van der Waals surface area contributed by atoms with E-state index in [4.69, 9.17) is 0 Å². The second-order valence-corrected chi connectivity index (χ2v) is 7.85. The smallest absolute Gasteiger partial charge is 0.269 e. The maximum atomic E-state index is 12.3. The molecule has 152 valence electrons. The van der Waals surface area contributed by atoms with Gasteiger partial charge in [-0.05, 0) is 30.3 Å². The first-order valence-electron chi connectivity index (χ1n) is 9.03. The quantitative estimate of drug-likeness (QED) is 0.538. The first-order valence-corrected chi connectivity index (χ1v) is 9.91. The molecule has 0 aliphatic carbocycles. The second-order valence-electron chi connectivity index (χ2n) is 6.47. The van der Waals surface area contributed by atoms with Gasteiger partial charge in [0.2, 0.25) is 11.7 Å². The SMILES string of the molecule is C[C@@H]1Sc2ccc(C(=O)NNC(=O)Cn3nnc(-c4ccccc4)n3)cc2NC1=O. The third kappa shape index (κ3) is 4.30. The number of tetrazole rings is 1. The largest absolute Gasteiger partial charge is 0.324 e. The van der Waals surface area contributed by atoms with Crippen LogP contribution in [0.15, 0.2) is 53.4 Å². The normalized spacial score (nSPS) is 15.1. The molecule has 0 unspecified atom stereocenters. The summed E-state index contributed by atoms with van der Waals surface area (Å²) in [6.45, 7) is 1.60. The third-order valence-electron chi connectivity index (χ3n) is 4.26. The van der Waals surface area contributed by atoms with Gasteiger partial charge in [0.15, 0.2) is 0 Å². The summed E-state index contributed by atoms with van der Waals surface area (Å²) in [7, 11) is 0. The summed E-state index contributed by atoms with van der Waals surface area (Å²) in [5.74, 6) is -0.749. The van der Waals surface area contributed by atoms with E-state index in [0.717, 1.165) is 15.3 Å². The van der Waals surface area contributed by atoms with E-state index in [1.54, 1.807) is 18.2 Å². The van der Waals surface area contributed by atoms with Crippen LogP contribution < -0.4 is 16.2 Å². The Morgan fingerprint density at radius 1 is 1.17 bits per heavy atom. The average molecular weight is 423 g/mol. The first-order chi connectivity index (χ1) is 14.5. The lowest BCUT2D eigenvalue weighted by atomic mass is 10.2. The van der Waals surface area contributed by atoms with Crippen LogP contribution in [0.25, 0.3) is 11.4 Å². The lowest BCUT2D eigenvalue weighted by Crippen LogP contribution is -2.43. The third-order valence-corrected chi connectivity index (χ3v) is 5.44. The minimum absolute atomic E-state index is 0.117. The number of anilines is 1. The number of thioether (sulfide) groups is 1. The number of hydrazine groups is 1. The number of aromatic nitrogens is 4. The highest BCUT2D eigenvalue weighted by Gasteiger charge is 2.23. The molecule has 1 aliphatic rings. The molecule has 1 aliphatic heterocycles. The number of fused-ring (bicyclic) bond motifs is 1. The first kappa shape index (κ1) is 19.6. The number of rotatable bonds is 4. The van der Waals surface area contributed by atoms with Gasteiger partial charge in [-0.1, -0.05) is 30.3 Å². The van der Waals surface area contributed by atoms with Gasteiger partial charge in [-0.2, -0.15) is 4.80 Å². The zero-order chi connectivity index (χ0) is 21.1. The van der Waals surface area contributed by atoms with E-state index in [9.17, 15) is 14.4 Å². The predicted octanol–water partition coefficient (Wildman–Crippen LogP) is 1.23. The Balaban J connectivity index is 1.33. The molecule has 0 saturated carbocycles. The summed E-state index contributed by atoms with van der Waals surface area (Å²) in [5.41, 5.74) is 6.31. The van der Waals surface area contributed by atoms with Crippen molar-refractivity contribution in [1.82, 2.24) is 31.1 Å². The molecule has 0 fully saturated rings. The molecule has 2 heterocycles. The van der Waals surface area contributed by atoms with Crippen LogP contribution >= 0.6 is 11.8 Å². The van der Waals surface area contributed by atoms with Gasteiger partial charge in [0.1, 0.15) is 6.54 Å². The molecule has 3 amide bonds. The average Bonchev–Trinajstić information content (AvgIpc) is 3.21. The molecule has 11 heteroatoms. The lowest BCUT2D eigenvalue weighted by molar-refractivity contribution is -0.122. The fraction of sp³-hybridized carbons (Fsp3) is 0.158. The topological polar surface area (TPSA) is 131 Å². The summed E-state index contributed by atoms with van der Waals surface area (Å²) in [6.07, 6.45) is 0. The standard InChI is InChI=1S/C19H17N7O3S/c1-11-18(28)20-14-9-13(7-8-15(14)30-11)19(29)23-21-16(27)10-26-24-17(22-25-26)12-5-3-2-4-6-12/h2-9,11H,10H2,1H3,(H,20,28)(H,21,27)(H,23,29)/t11-/m0/s1. The van der Waals surface area contributed by atoms with Crippen LogP contribution in [0.1, 0.15) is 17.3 Å². The summed E-state index contributed by atoms with van der Waals surface area (Å²) < 4.78 is 0. The summed E-state index contributed by atoms with van der Waals surface area (Å²) in [4.78, 5) is 38.2. The molecule has 30 heavy (non-hydrogen) atoms. The van der Waals surface area contributed by atoms with E-state index < -0.39 is 11.8 Å². The highest BCUT2D eigenvalue weighted by atomic mass is 32.2. The summed E-state index contributed by atoms with van der Waals surface area (Å²) in [6, 6.07) is 14.2. The van der Waals surface area contributed by atoms with Crippen molar-refractivity contribution < 1.29 is 14.4 Å². The van der Waals surface area contributed by atoms with Crippen molar-refractivity contribution in [3.63, 3.8) is 0 Å². The number of benzene rings is 2. The Morgan fingerprint density at radius 2 is 1.97 bits per heavy atom. The molecule has 0 bridgehead atoms. The Morgan fingerprint density at radius 3 is 2.77 bits per heavy atom. The number of carbonyl (C=O) groups is 3. The predicted molar refractivity (Wildman–Crippen MR) is 109 cm³/mol. The van der Waals surface area contributed by atoms with E-state index in [-0.39, 0.29) is 17.7 Å². The zero-order valence-electron chi connectivity index (χ0n) is 15.8. The van der Waals surface area contributed by atoms with E-state index in [0.29, 0.717) is 17.1 Å². The molecule has 3 N–H and O–H groups in total. The molecule has 1 aromatic heterocycles. The Labute approximate surface area is 175 Å². The fourth-order valence-corrected chi connectivity index (χ4v) is 3.66. The zero-order valence-corrected chi connectivity index (χ0v) is 16.6. The van der Waals surface area contributed by atoms with Gasteiger partial charge < -0.3 is 5.32 Å². The van der Waals surface area contributed by atoms with E-state index in [1.807, 2.05) is 37.3 Å². The maximum Gasteiger partial charge on any atom is 0.269 e. The van der Waals surface area contributed by atoms with Gasteiger partial charge in [0, 0.05) is 16.0 Å². The number of carbonyl (C=O) groups excluding carboxylic acids is 3. The maximum absolute atomic E-state index is 12.3. The second kappa shape index (κ2) is 8.33. The lowest BCUT2D eigenvalue weighted by Gasteiger charge is -2.21. The van der Waals surface area contributed by atoms with Crippen LogP contribution in [-0.2, 0) is 16.1 Å². The Kier molecular flexibility index (Phi) is 5.44. The van der Waals surface area contributed by atoms with Crippen molar-refractivity contribution >= 4 is 35.2 Å². The van der Waals surface area contributed by atoms with Crippen LogP contribution in [0.4, 0.5) is 5.69 Å². The molecule has 10 nitrogen and oxygen atoms in total. The van der Waals surface area contributed by atoms with E-state index >= 15 is 0 Å². The molecule has 1 atom stereocenters. The van der Waals surface area contributed by atoms with Crippen LogP contribution in [0.5, 0.6) is 0 Å². The Hall–Kier alpha value is -3.73. The van der Waals surface area contributed by atoms with Crippen molar-refractivity contribution in [3.05, 3.63) is 54.1 Å². The molecular formula is C19H17N7O3S. The van der Waals surface area contributed by atoms with Crippen LogP contribution in [-0.4, -0.2) is 43.2 Å². The van der Waals surface area contributed by atoms with Crippen molar-refractivity contribution in [2.24, 2.45) is 0 Å². The molecule has 2 aromatic carbocycles. The number of nitrogens with one attached hydrogen (secondary N) is 3. The van der Waals surface area contributed by atoms with Crippen molar-refractivity contribution in [1.29, 1.82) is 0 Å². The van der Waals surface area contributed by atoms with Crippen molar-refractivity contribution in [2.75, 3.05) is 5.32 Å². The minimum atomic E-state index is -0.518. The number of hydrogen-bond acceptors (Lipinski definition) is 7. The number of amides is 3. The van der Waals surface area contributed by atoms with Gasteiger partial charge in [-0.3, -0.25) is 25.2 Å². The molecule has 0 spiro atoms. The van der Waals surface area contributed by atoms with Gasteiger partial charge in [0.25, 0.3) is 11.8 Å². The fourth-order valence-electron chi connectivity index (χ4n) is 2.73. The minimum Gasteiger partial charge on any atom is -0.324 e. The van der Waals surface area contributed by atoms with E-state index in [2.05, 4.69) is 31.6 Å².